The Morgan fingerprint density at radius 3 is 2.55 bits per heavy atom. The van der Waals surface area contributed by atoms with Crippen molar-refractivity contribution in [1.29, 1.82) is 0 Å². The number of hydrogen-bond donors (Lipinski definition) is 3. The van der Waals surface area contributed by atoms with Gasteiger partial charge in [-0.3, -0.25) is 4.90 Å². The Hall–Kier alpha value is -3.58. The Balaban J connectivity index is 1.19. The number of aromatic nitrogens is 3. The number of piperidine rings is 1. The van der Waals surface area contributed by atoms with E-state index in [9.17, 15) is 8.42 Å². The summed E-state index contributed by atoms with van der Waals surface area (Å²) in [7, 11) is -1.86. The minimum Gasteiger partial charge on any atom is -0.494 e. The van der Waals surface area contributed by atoms with E-state index in [2.05, 4.69) is 41.8 Å². The van der Waals surface area contributed by atoms with Gasteiger partial charge in [0.05, 0.1) is 36.5 Å². The first-order valence-corrected chi connectivity index (χ1v) is 16.3. The molecule has 13 heteroatoms. The van der Waals surface area contributed by atoms with Gasteiger partial charge in [0, 0.05) is 68.6 Å². The van der Waals surface area contributed by atoms with Gasteiger partial charge in [0.2, 0.25) is 16.0 Å². The Bertz CT molecular complexity index is 1680. The summed E-state index contributed by atoms with van der Waals surface area (Å²) in [6.45, 7) is 6.44. The Morgan fingerprint density at radius 1 is 1.02 bits per heavy atom. The Kier molecular flexibility index (Phi) is 8.13. The number of rotatable bonds is 8. The third kappa shape index (κ3) is 5.98. The van der Waals surface area contributed by atoms with E-state index in [1.165, 1.54) is 16.4 Å². The van der Waals surface area contributed by atoms with Crippen LogP contribution in [0.4, 0.5) is 28.8 Å². The zero-order chi connectivity index (χ0) is 29.3. The maximum absolute atomic E-state index is 12.4. The lowest BCUT2D eigenvalue weighted by molar-refractivity contribution is 0.150. The summed E-state index contributed by atoms with van der Waals surface area (Å²) in [6.07, 6.45) is 6.50. The Morgan fingerprint density at radius 2 is 1.81 bits per heavy atom. The van der Waals surface area contributed by atoms with Crippen LogP contribution >= 0.6 is 11.6 Å². The topological polar surface area (TPSA) is 117 Å². The number of anilines is 5. The van der Waals surface area contributed by atoms with Crippen LogP contribution in [-0.4, -0.2) is 85.9 Å². The molecule has 4 aromatic rings. The van der Waals surface area contributed by atoms with E-state index in [0.717, 1.165) is 75.1 Å². The highest BCUT2D eigenvalue weighted by Gasteiger charge is 2.26. The number of fused-ring (bicyclic) bond motifs is 1. The fourth-order valence-corrected chi connectivity index (χ4v) is 6.78. The number of methoxy groups -OCH3 is 1. The number of para-hydroxylation sites is 1. The van der Waals surface area contributed by atoms with Gasteiger partial charge < -0.3 is 25.6 Å². The third-order valence-electron chi connectivity index (χ3n) is 7.96. The second-order valence-corrected chi connectivity index (χ2v) is 12.9. The van der Waals surface area contributed by atoms with Crippen LogP contribution in [-0.2, 0) is 10.0 Å². The van der Waals surface area contributed by atoms with Crippen molar-refractivity contribution in [1.82, 2.24) is 24.2 Å². The molecule has 11 nitrogen and oxygen atoms in total. The van der Waals surface area contributed by atoms with Crippen LogP contribution < -0.4 is 25.6 Å². The molecule has 2 aromatic carbocycles. The minimum absolute atomic E-state index is 0.293. The molecule has 0 bridgehead atoms. The van der Waals surface area contributed by atoms with E-state index in [4.69, 9.17) is 16.3 Å². The summed E-state index contributed by atoms with van der Waals surface area (Å²) < 4.78 is 31.7. The van der Waals surface area contributed by atoms with Gasteiger partial charge in [0.1, 0.15) is 10.8 Å². The number of halogens is 1. The minimum atomic E-state index is -3.51. The van der Waals surface area contributed by atoms with Gasteiger partial charge in [0.15, 0.2) is 5.82 Å². The van der Waals surface area contributed by atoms with Crippen molar-refractivity contribution in [2.24, 2.45) is 0 Å². The first-order valence-electron chi connectivity index (χ1n) is 14.0. The zero-order valence-corrected chi connectivity index (χ0v) is 25.2. The summed E-state index contributed by atoms with van der Waals surface area (Å²) in [5.41, 5.74) is 2.91. The van der Waals surface area contributed by atoms with Crippen molar-refractivity contribution in [2.75, 3.05) is 68.2 Å². The van der Waals surface area contributed by atoms with Gasteiger partial charge in [0.25, 0.3) is 0 Å². The van der Waals surface area contributed by atoms with E-state index in [1.54, 1.807) is 19.2 Å². The lowest BCUT2D eigenvalue weighted by atomic mass is 10.0. The maximum atomic E-state index is 12.4. The fraction of sp³-hybridized carbons (Fsp3) is 0.379. The second-order valence-electron chi connectivity index (χ2n) is 10.6. The van der Waals surface area contributed by atoms with E-state index >= 15 is 0 Å². The SMILES string of the molecule is COc1cc(N2CCC(N3CCNCC3)CC2)ccc1Nc1ncc(Cl)c(Nc2cccc3ccn(S(C)(=O)=O)c23)n1. The molecule has 4 heterocycles. The molecule has 2 fully saturated rings. The molecular formula is C29H35ClN8O3S. The average molecular weight is 611 g/mol. The lowest BCUT2D eigenvalue weighted by Gasteiger charge is -2.41. The Labute approximate surface area is 250 Å². The normalized spacial score (nSPS) is 17.0. The molecule has 6 rings (SSSR count). The fourth-order valence-electron chi connectivity index (χ4n) is 5.82. The maximum Gasteiger partial charge on any atom is 0.236 e. The molecule has 0 radical (unpaired) electrons. The standard InChI is InChI=1S/C29H35ClN8O3S/c1-41-26-18-22(36-13-9-21(10-14-36)37-16-11-31-12-17-37)6-7-24(26)34-29-32-19-23(30)28(35-29)33-25-5-3-4-20-8-15-38(27(20)25)42(2,39)40/h3-8,15,18-19,21,31H,9-14,16-17H2,1-2H3,(H2,32,33,34,35). The molecule has 0 atom stereocenters. The van der Waals surface area contributed by atoms with E-state index in [1.807, 2.05) is 24.3 Å². The molecule has 2 aromatic heterocycles. The largest absolute Gasteiger partial charge is 0.494 e. The van der Waals surface area contributed by atoms with Crippen LogP contribution in [0.25, 0.3) is 10.9 Å². The highest BCUT2D eigenvalue weighted by Crippen LogP contribution is 2.35. The van der Waals surface area contributed by atoms with E-state index < -0.39 is 10.0 Å². The van der Waals surface area contributed by atoms with Gasteiger partial charge in [-0.15, -0.1) is 0 Å². The van der Waals surface area contributed by atoms with Gasteiger partial charge in [-0.2, -0.15) is 4.98 Å². The number of nitrogens with one attached hydrogen (secondary N) is 3. The molecule has 2 aliphatic heterocycles. The first-order chi connectivity index (χ1) is 20.3. The van der Waals surface area contributed by atoms with Gasteiger partial charge in [-0.25, -0.2) is 17.4 Å². The number of ether oxygens (including phenoxy) is 1. The van der Waals surface area contributed by atoms with E-state index in [0.29, 0.717) is 39.8 Å². The van der Waals surface area contributed by atoms with Crippen molar-refractivity contribution in [2.45, 2.75) is 18.9 Å². The molecule has 0 unspecified atom stereocenters. The molecule has 42 heavy (non-hydrogen) atoms. The summed E-state index contributed by atoms with van der Waals surface area (Å²) >= 11 is 6.45. The molecule has 0 aliphatic carbocycles. The quantitative estimate of drug-likeness (QED) is 0.267. The van der Waals surface area contributed by atoms with E-state index in [-0.39, 0.29) is 0 Å². The summed E-state index contributed by atoms with van der Waals surface area (Å²) in [5, 5.41) is 10.9. The first kappa shape index (κ1) is 28.5. The van der Waals surface area contributed by atoms with Gasteiger partial charge in [-0.1, -0.05) is 23.7 Å². The lowest BCUT2D eigenvalue weighted by Crippen LogP contribution is -2.52. The van der Waals surface area contributed by atoms with Crippen LogP contribution in [0.3, 0.4) is 0 Å². The summed E-state index contributed by atoms with van der Waals surface area (Å²) in [4.78, 5) is 14.0. The van der Waals surface area contributed by atoms with Crippen LogP contribution in [0.15, 0.2) is 54.9 Å². The molecule has 0 spiro atoms. The predicted octanol–water partition coefficient (Wildman–Crippen LogP) is 4.26. The van der Waals surface area contributed by atoms with Crippen LogP contribution in [0.5, 0.6) is 5.75 Å². The smallest absolute Gasteiger partial charge is 0.236 e. The molecule has 0 amide bonds. The van der Waals surface area contributed by atoms with Gasteiger partial charge in [-0.05, 0) is 37.1 Å². The molecule has 2 saturated heterocycles. The van der Waals surface area contributed by atoms with Crippen LogP contribution in [0, 0.1) is 0 Å². The zero-order valence-electron chi connectivity index (χ0n) is 23.7. The second kappa shape index (κ2) is 12.0. The summed E-state index contributed by atoms with van der Waals surface area (Å²) in [6, 6.07) is 14.0. The molecule has 0 saturated carbocycles. The molecular weight excluding hydrogens is 576 g/mol. The predicted molar refractivity (Wildman–Crippen MR) is 168 cm³/mol. The molecule has 3 N–H and O–H groups in total. The highest BCUT2D eigenvalue weighted by molar-refractivity contribution is 7.89. The average Bonchev–Trinajstić information content (AvgIpc) is 3.46. The third-order valence-corrected chi connectivity index (χ3v) is 9.26. The van der Waals surface area contributed by atoms with Crippen molar-refractivity contribution < 1.29 is 13.2 Å². The van der Waals surface area contributed by atoms with Gasteiger partial charge >= 0.3 is 0 Å². The number of nitrogens with zero attached hydrogens (tertiary/aromatic N) is 5. The van der Waals surface area contributed by atoms with Crippen LogP contribution in [0.1, 0.15) is 12.8 Å². The van der Waals surface area contributed by atoms with Crippen molar-refractivity contribution >= 4 is 61.4 Å². The van der Waals surface area contributed by atoms with Crippen molar-refractivity contribution in [3.05, 3.63) is 59.9 Å². The highest BCUT2D eigenvalue weighted by atomic mass is 35.5. The molecule has 222 valence electrons. The van der Waals surface area contributed by atoms with Crippen molar-refractivity contribution in [3.8, 4) is 5.75 Å². The molecule has 2 aliphatic rings. The monoisotopic (exact) mass is 610 g/mol. The summed E-state index contributed by atoms with van der Waals surface area (Å²) in [5.74, 6) is 1.34. The number of piperazine rings is 1. The number of hydrogen-bond acceptors (Lipinski definition) is 10. The van der Waals surface area contributed by atoms with Crippen molar-refractivity contribution in [3.63, 3.8) is 0 Å². The number of benzene rings is 2. The van der Waals surface area contributed by atoms with Crippen LogP contribution in [0.2, 0.25) is 5.02 Å².